The number of rotatable bonds is 6. The van der Waals surface area contributed by atoms with E-state index in [0.29, 0.717) is 12.2 Å². The van der Waals surface area contributed by atoms with Crippen molar-refractivity contribution in [2.75, 3.05) is 6.61 Å². The normalized spacial score (nSPS) is 10.6. The predicted octanol–water partition coefficient (Wildman–Crippen LogP) is 4.00. The number of benzene rings is 2. The average Bonchev–Trinajstić information content (AvgIpc) is 2.53. The first-order valence-corrected chi connectivity index (χ1v) is 7.80. The maximum atomic E-state index is 12.0. The van der Waals surface area contributed by atoms with Gasteiger partial charge in [0.05, 0.1) is 12.8 Å². The highest BCUT2D eigenvalue weighted by Gasteiger charge is 2.04. The van der Waals surface area contributed by atoms with Crippen molar-refractivity contribution in [3.05, 3.63) is 64.1 Å². The molecule has 0 aliphatic heterocycles. The molecule has 0 saturated carbocycles. The summed E-state index contributed by atoms with van der Waals surface area (Å²) in [4.78, 5) is 12.0. The van der Waals surface area contributed by atoms with Crippen LogP contribution in [0.1, 0.15) is 29.3 Å². The molecule has 2 aromatic carbocycles. The number of ether oxygens (including phenoxy) is 1. The highest BCUT2D eigenvalue weighted by molar-refractivity contribution is 9.10. The molecule has 1 amide bonds. The first-order chi connectivity index (χ1) is 10.7. The van der Waals surface area contributed by atoms with E-state index in [0.717, 1.165) is 22.2 Å². The number of nitrogens with zero attached hydrogens (tertiary/aromatic N) is 1. The van der Waals surface area contributed by atoms with E-state index in [9.17, 15) is 4.79 Å². The molecule has 0 heterocycles. The Morgan fingerprint density at radius 2 is 2.05 bits per heavy atom. The van der Waals surface area contributed by atoms with E-state index in [1.807, 2.05) is 31.2 Å². The summed E-state index contributed by atoms with van der Waals surface area (Å²) in [6, 6.07) is 14.6. The van der Waals surface area contributed by atoms with Crippen molar-refractivity contribution in [3.63, 3.8) is 0 Å². The fourth-order valence-corrected chi connectivity index (χ4v) is 2.16. The van der Waals surface area contributed by atoms with Gasteiger partial charge in [-0.05, 0) is 48.4 Å². The quantitative estimate of drug-likeness (QED) is 0.625. The Morgan fingerprint density at radius 1 is 1.27 bits per heavy atom. The summed E-state index contributed by atoms with van der Waals surface area (Å²) < 4.78 is 6.44. The van der Waals surface area contributed by atoms with Gasteiger partial charge in [-0.25, -0.2) is 5.43 Å². The lowest BCUT2D eigenvalue weighted by atomic mass is 10.2. The molecule has 0 radical (unpaired) electrons. The average molecular weight is 361 g/mol. The van der Waals surface area contributed by atoms with Crippen LogP contribution in [0.5, 0.6) is 5.75 Å². The number of nitrogens with one attached hydrogen (secondary N) is 1. The molecule has 0 fully saturated rings. The van der Waals surface area contributed by atoms with Crippen molar-refractivity contribution < 1.29 is 9.53 Å². The van der Waals surface area contributed by atoms with Gasteiger partial charge in [0.15, 0.2) is 0 Å². The monoisotopic (exact) mass is 360 g/mol. The number of halogens is 1. The van der Waals surface area contributed by atoms with Crippen LogP contribution in [0.3, 0.4) is 0 Å². The van der Waals surface area contributed by atoms with Gasteiger partial charge in [-0.15, -0.1) is 0 Å². The molecule has 0 bridgehead atoms. The Bertz CT molecular complexity index is 654. The van der Waals surface area contributed by atoms with Gasteiger partial charge in [-0.1, -0.05) is 35.0 Å². The zero-order valence-corrected chi connectivity index (χ0v) is 13.8. The second-order valence-corrected chi connectivity index (χ2v) is 5.54. The van der Waals surface area contributed by atoms with E-state index in [2.05, 4.69) is 26.5 Å². The van der Waals surface area contributed by atoms with Crippen LogP contribution >= 0.6 is 15.9 Å². The molecule has 2 aromatic rings. The van der Waals surface area contributed by atoms with E-state index in [4.69, 9.17) is 4.74 Å². The van der Waals surface area contributed by atoms with Crippen molar-refractivity contribution >= 4 is 28.1 Å². The van der Waals surface area contributed by atoms with Gasteiger partial charge in [0.25, 0.3) is 5.91 Å². The molecule has 0 spiro atoms. The lowest BCUT2D eigenvalue weighted by molar-refractivity contribution is 0.0955. The Labute approximate surface area is 138 Å². The van der Waals surface area contributed by atoms with Gasteiger partial charge in [-0.2, -0.15) is 5.10 Å². The third kappa shape index (κ3) is 5.00. The summed E-state index contributed by atoms with van der Waals surface area (Å²) in [7, 11) is 0. The number of carbonyl (C=O) groups is 1. The van der Waals surface area contributed by atoms with E-state index < -0.39 is 0 Å². The minimum absolute atomic E-state index is 0.256. The summed E-state index contributed by atoms with van der Waals surface area (Å²) in [6.45, 7) is 2.72. The van der Waals surface area contributed by atoms with Gasteiger partial charge < -0.3 is 4.74 Å². The van der Waals surface area contributed by atoms with E-state index >= 15 is 0 Å². The van der Waals surface area contributed by atoms with E-state index in [1.165, 1.54) is 0 Å². The predicted molar refractivity (Wildman–Crippen MR) is 91.4 cm³/mol. The molecular weight excluding hydrogens is 344 g/mol. The fourth-order valence-electron chi connectivity index (χ4n) is 1.74. The maximum Gasteiger partial charge on any atom is 0.271 e. The number of hydrogen-bond acceptors (Lipinski definition) is 3. The van der Waals surface area contributed by atoms with Crippen molar-refractivity contribution in [2.45, 2.75) is 13.3 Å². The first kappa shape index (κ1) is 16.2. The third-order valence-corrected chi connectivity index (χ3v) is 3.31. The largest absolute Gasteiger partial charge is 0.494 e. The van der Waals surface area contributed by atoms with Gasteiger partial charge in [0.2, 0.25) is 0 Å². The Hall–Kier alpha value is -2.14. The van der Waals surface area contributed by atoms with Crippen molar-refractivity contribution in [1.82, 2.24) is 5.43 Å². The lowest BCUT2D eigenvalue weighted by Crippen LogP contribution is -2.17. The molecular formula is C17H17BrN2O2. The maximum absolute atomic E-state index is 12.0. The van der Waals surface area contributed by atoms with Crippen LogP contribution in [-0.2, 0) is 0 Å². The second-order valence-electron chi connectivity index (χ2n) is 4.63. The first-order valence-electron chi connectivity index (χ1n) is 7.01. The van der Waals surface area contributed by atoms with Gasteiger partial charge in [-0.3, -0.25) is 4.79 Å². The molecule has 0 aliphatic rings. The number of carbonyl (C=O) groups excluding carboxylic acids is 1. The molecule has 4 nitrogen and oxygen atoms in total. The minimum Gasteiger partial charge on any atom is -0.494 e. The fraction of sp³-hybridized carbons (Fsp3) is 0.176. The SMILES string of the molecule is CCCOc1ccc(C(=O)NN=Cc2cccc(Br)c2)cc1. The summed E-state index contributed by atoms with van der Waals surface area (Å²) in [6.07, 6.45) is 2.55. The third-order valence-electron chi connectivity index (χ3n) is 2.82. The summed E-state index contributed by atoms with van der Waals surface area (Å²) in [5, 5.41) is 3.95. The molecule has 2 rings (SSSR count). The van der Waals surface area contributed by atoms with Crippen LogP contribution in [0.25, 0.3) is 0 Å². The molecule has 0 aliphatic carbocycles. The Kier molecular flexibility index (Phi) is 6.15. The lowest BCUT2D eigenvalue weighted by Gasteiger charge is -2.05. The molecule has 0 unspecified atom stereocenters. The van der Waals surface area contributed by atoms with Crippen LogP contribution in [-0.4, -0.2) is 18.7 Å². The molecule has 0 aromatic heterocycles. The standard InChI is InChI=1S/C17H17BrN2O2/c1-2-10-22-16-8-6-14(7-9-16)17(21)20-19-12-13-4-3-5-15(18)11-13/h3-9,11-12H,2,10H2,1H3,(H,20,21). The van der Waals surface area contributed by atoms with Crippen molar-refractivity contribution in [1.29, 1.82) is 0 Å². The molecule has 114 valence electrons. The van der Waals surface area contributed by atoms with Crippen LogP contribution in [0.2, 0.25) is 0 Å². The summed E-state index contributed by atoms with van der Waals surface area (Å²) in [5.74, 6) is 0.504. The second kappa shape index (κ2) is 8.34. The summed E-state index contributed by atoms with van der Waals surface area (Å²) >= 11 is 3.38. The van der Waals surface area contributed by atoms with Gasteiger partial charge in [0, 0.05) is 10.0 Å². The number of hydrogen-bond donors (Lipinski definition) is 1. The van der Waals surface area contributed by atoms with Crippen molar-refractivity contribution in [2.24, 2.45) is 5.10 Å². The topological polar surface area (TPSA) is 50.7 Å². The molecule has 0 atom stereocenters. The van der Waals surface area contributed by atoms with Crippen LogP contribution in [0.4, 0.5) is 0 Å². The Balaban J connectivity index is 1.91. The van der Waals surface area contributed by atoms with Crippen LogP contribution < -0.4 is 10.2 Å². The minimum atomic E-state index is -0.256. The van der Waals surface area contributed by atoms with E-state index in [-0.39, 0.29) is 5.91 Å². The van der Waals surface area contributed by atoms with Crippen molar-refractivity contribution in [3.8, 4) is 5.75 Å². The van der Waals surface area contributed by atoms with Gasteiger partial charge in [0.1, 0.15) is 5.75 Å². The zero-order chi connectivity index (χ0) is 15.8. The van der Waals surface area contributed by atoms with Crippen LogP contribution in [0, 0.1) is 0 Å². The smallest absolute Gasteiger partial charge is 0.271 e. The molecule has 1 N–H and O–H groups in total. The molecule has 22 heavy (non-hydrogen) atoms. The highest BCUT2D eigenvalue weighted by atomic mass is 79.9. The molecule has 0 saturated heterocycles. The van der Waals surface area contributed by atoms with Gasteiger partial charge >= 0.3 is 0 Å². The molecule has 5 heteroatoms. The Morgan fingerprint density at radius 3 is 2.73 bits per heavy atom. The number of amides is 1. The van der Waals surface area contributed by atoms with E-state index in [1.54, 1.807) is 30.5 Å². The zero-order valence-electron chi connectivity index (χ0n) is 12.3. The highest BCUT2D eigenvalue weighted by Crippen LogP contribution is 2.12. The van der Waals surface area contributed by atoms with Crippen LogP contribution in [0.15, 0.2) is 58.1 Å². The number of hydrazone groups is 1. The summed E-state index contributed by atoms with van der Waals surface area (Å²) in [5.41, 5.74) is 3.94.